The summed E-state index contributed by atoms with van der Waals surface area (Å²) in [6.07, 6.45) is 0. The molecule has 0 saturated heterocycles. The number of hydrogen-bond donors (Lipinski definition) is 1. The lowest BCUT2D eigenvalue weighted by molar-refractivity contribution is 0.628. The fourth-order valence-electron chi connectivity index (χ4n) is 2.13. The average molecular weight is 305 g/mol. The molecule has 2 aromatic carbocycles. The zero-order chi connectivity index (χ0) is 14.1. The minimum atomic E-state index is -0.321. The second-order valence-electron chi connectivity index (χ2n) is 4.38. The van der Waals surface area contributed by atoms with Crippen LogP contribution in [0.3, 0.4) is 0 Å². The van der Waals surface area contributed by atoms with E-state index in [0.717, 1.165) is 11.3 Å². The van der Waals surface area contributed by atoms with Crippen LogP contribution in [0.5, 0.6) is 0 Å². The maximum Gasteiger partial charge on any atom is 0.124 e. The van der Waals surface area contributed by atoms with E-state index in [2.05, 4.69) is 10.3 Å². The highest BCUT2D eigenvalue weighted by Crippen LogP contribution is 2.27. The van der Waals surface area contributed by atoms with Gasteiger partial charge in [-0.2, -0.15) is 0 Å². The monoisotopic (exact) mass is 304 g/mol. The summed E-state index contributed by atoms with van der Waals surface area (Å²) in [5.41, 5.74) is 2.83. The minimum absolute atomic E-state index is 0.321. The number of thiocarbonyl (C=S) groups is 1. The number of benzene rings is 2. The maximum atomic E-state index is 13.6. The second-order valence-corrected chi connectivity index (χ2v) is 5.28. The van der Waals surface area contributed by atoms with E-state index in [0.29, 0.717) is 27.8 Å². The van der Waals surface area contributed by atoms with Gasteiger partial charge >= 0.3 is 0 Å². The van der Waals surface area contributed by atoms with E-state index in [1.54, 1.807) is 12.1 Å². The Hall–Kier alpha value is -1.78. The van der Waals surface area contributed by atoms with Crippen LogP contribution in [-0.4, -0.2) is 17.2 Å². The summed E-state index contributed by atoms with van der Waals surface area (Å²) in [4.78, 5) is 5.08. The van der Waals surface area contributed by atoms with Crippen molar-refractivity contribution in [2.75, 3.05) is 11.9 Å². The first-order valence-electron chi connectivity index (χ1n) is 6.04. The van der Waals surface area contributed by atoms with Crippen LogP contribution >= 0.6 is 23.8 Å². The molecule has 1 heterocycles. The van der Waals surface area contributed by atoms with Crippen molar-refractivity contribution in [2.45, 2.75) is 0 Å². The van der Waals surface area contributed by atoms with Crippen molar-refractivity contribution in [2.24, 2.45) is 4.99 Å². The topological polar surface area (TPSA) is 24.4 Å². The van der Waals surface area contributed by atoms with Gasteiger partial charge in [0.2, 0.25) is 0 Å². The zero-order valence-corrected chi connectivity index (χ0v) is 11.9. The molecule has 2 nitrogen and oxygen atoms in total. The molecule has 1 aliphatic heterocycles. The highest BCUT2D eigenvalue weighted by atomic mass is 35.5. The van der Waals surface area contributed by atoms with Crippen molar-refractivity contribution in [3.05, 3.63) is 64.4 Å². The van der Waals surface area contributed by atoms with Crippen LogP contribution in [0.4, 0.5) is 10.1 Å². The Morgan fingerprint density at radius 1 is 1.15 bits per heavy atom. The summed E-state index contributed by atoms with van der Waals surface area (Å²) in [5.74, 6) is -0.321. The number of benzodiazepines with no additional fused rings is 1. The Balaban J connectivity index is 2.23. The molecule has 0 aliphatic carbocycles. The van der Waals surface area contributed by atoms with Crippen LogP contribution in [-0.2, 0) is 0 Å². The first-order valence-corrected chi connectivity index (χ1v) is 6.83. The maximum absolute atomic E-state index is 13.6. The Labute approximate surface area is 126 Å². The van der Waals surface area contributed by atoms with Gasteiger partial charge in [-0.1, -0.05) is 42.0 Å². The average Bonchev–Trinajstić information content (AvgIpc) is 2.58. The molecule has 1 N–H and O–H groups in total. The number of rotatable bonds is 1. The number of aliphatic imine (C=N–C) groups is 1. The Morgan fingerprint density at radius 3 is 2.75 bits per heavy atom. The van der Waals surface area contributed by atoms with Crippen LogP contribution < -0.4 is 5.32 Å². The summed E-state index contributed by atoms with van der Waals surface area (Å²) >= 11 is 11.4. The van der Waals surface area contributed by atoms with Crippen molar-refractivity contribution in [1.29, 1.82) is 0 Å². The molecule has 3 rings (SSSR count). The van der Waals surface area contributed by atoms with Crippen molar-refractivity contribution in [3.8, 4) is 0 Å². The first-order chi connectivity index (χ1) is 9.65. The van der Waals surface area contributed by atoms with Gasteiger partial charge in [-0.15, -0.1) is 0 Å². The molecule has 0 saturated carbocycles. The molecular weight excluding hydrogens is 295 g/mol. The van der Waals surface area contributed by atoms with Crippen molar-refractivity contribution < 1.29 is 4.39 Å². The number of hydrogen-bond acceptors (Lipinski definition) is 2. The van der Waals surface area contributed by atoms with Gasteiger partial charge in [0.25, 0.3) is 0 Å². The van der Waals surface area contributed by atoms with E-state index in [9.17, 15) is 4.39 Å². The third-order valence-corrected chi connectivity index (χ3v) is 3.58. The van der Waals surface area contributed by atoms with Gasteiger partial charge in [0.05, 0.1) is 12.3 Å². The summed E-state index contributed by atoms with van der Waals surface area (Å²) < 4.78 is 13.6. The Kier molecular flexibility index (Phi) is 3.51. The highest BCUT2D eigenvalue weighted by Gasteiger charge is 2.18. The number of nitrogens with one attached hydrogen (secondary N) is 1. The van der Waals surface area contributed by atoms with E-state index in [1.165, 1.54) is 12.1 Å². The van der Waals surface area contributed by atoms with Crippen LogP contribution in [0.1, 0.15) is 11.1 Å². The zero-order valence-electron chi connectivity index (χ0n) is 10.4. The number of fused-ring (bicyclic) bond motifs is 1. The molecule has 5 heteroatoms. The van der Waals surface area contributed by atoms with Gasteiger partial charge in [-0.3, -0.25) is 4.99 Å². The lowest BCUT2D eigenvalue weighted by Crippen LogP contribution is -2.11. The predicted octanol–water partition coefficient (Wildman–Crippen LogP) is 4.07. The number of nitrogens with zero attached hydrogens (tertiary/aromatic N) is 1. The molecule has 0 spiro atoms. The van der Waals surface area contributed by atoms with Crippen LogP contribution in [0.15, 0.2) is 47.5 Å². The van der Waals surface area contributed by atoms with Gasteiger partial charge in [-0.25, -0.2) is 4.39 Å². The molecule has 0 atom stereocenters. The van der Waals surface area contributed by atoms with E-state index in [4.69, 9.17) is 23.8 Å². The molecule has 1 aliphatic rings. The lowest BCUT2D eigenvalue weighted by atomic mass is 10.0. The molecule has 2 aromatic rings. The van der Waals surface area contributed by atoms with Gasteiger partial charge < -0.3 is 5.32 Å². The van der Waals surface area contributed by atoms with Crippen molar-refractivity contribution in [3.63, 3.8) is 0 Å². The van der Waals surface area contributed by atoms with E-state index >= 15 is 0 Å². The minimum Gasteiger partial charge on any atom is -0.348 e. The SMILES string of the molecule is Fc1ccc2c(c1)C(c1ccccc1Cl)=NCC(=S)N2. The Bertz CT molecular complexity index is 728. The van der Waals surface area contributed by atoms with E-state index < -0.39 is 0 Å². The molecule has 0 unspecified atom stereocenters. The fourth-order valence-corrected chi connectivity index (χ4v) is 2.53. The third-order valence-electron chi connectivity index (χ3n) is 3.02. The standard InChI is InChI=1S/C15H10ClFN2S/c16-12-4-2-1-3-10(12)15-11-7-9(17)5-6-13(11)19-14(20)8-18-15/h1-7H,8H2,(H,19,20). The van der Waals surface area contributed by atoms with Crippen molar-refractivity contribution >= 4 is 40.2 Å². The molecule has 20 heavy (non-hydrogen) atoms. The van der Waals surface area contributed by atoms with Gasteiger partial charge in [0.1, 0.15) is 10.8 Å². The lowest BCUT2D eigenvalue weighted by Gasteiger charge is -2.11. The number of halogens is 2. The van der Waals surface area contributed by atoms with E-state index in [1.807, 2.05) is 18.2 Å². The smallest absolute Gasteiger partial charge is 0.124 e. The molecule has 100 valence electrons. The third kappa shape index (κ3) is 2.44. The molecular formula is C15H10ClFN2S. The summed E-state index contributed by atoms with van der Waals surface area (Å²) in [6, 6.07) is 11.9. The molecule has 0 aromatic heterocycles. The largest absolute Gasteiger partial charge is 0.348 e. The summed E-state index contributed by atoms with van der Waals surface area (Å²) in [6.45, 7) is 0.353. The van der Waals surface area contributed by atoms with Gasteiger partial charge in [0.15, 0.2) is 0 Å². The normalized spacial score (nSPS) is 14.1. The van der Waals surface area contributed by atoms with Gasteiger partial charge in [-0.05, 0) is 24.3 Å². The molecule has 0 bridgehead atoms. The van der Waals surface area contributed by atoms with Crippen LogP contribution in [0, 0.1) is 5.82 Å². The number of anilines is 1. The highest BCUT2D eigenvalue weighted by molar-refractivity contribution is 7.80. The quantitative estimate of drug-likeness (QED) is 0.803. The van der Waals surface area contributed by atoms with Gasteiger partial charge in [0, 0.05) is 21.8 Å². The molecule has 0 amide bonds. The predicted molar refractivity (Wildman–Crippen MR) is 84.6 cm³/mol. The van der Waals surface area contributed by atoms with Crippen molar-refractivity contribution in [1.82, 2.24) is 0 Å². The second kappa shape index (κ2) is 5.31. The first kappa shape index (κ1) is 13.2. The van der Waals surface area contributed by atoms with Crippen LogP contribution in [0.2, 0.25) is 5.02 Å². The molecule has 0 radical (unpaired) electrons. The van der Waals surface area contributed by atoms with E-state index in [-0.39, 0.29) is 5.82 Å². The summed E-state index contributed by atoms with van der Waals surface area (Å²) in [5, 5.41) is 3.65. The Morgan fingerprint density at radius 2 is 1.95 bits per heavy atom. The summed E-state index contributed by atoms with van der Waals surface area (Å²) in [7, 11) is 0. The van der Waals surface area contributed by atoms with Crippen LogP contribution in [0.25, 0.3) is 0 Å². The fraction of sp³-hybridized carbons (Fsp3) is 0.0667. The molecule has 0 fully saturated rings.